The van der Waals surface area contributed by atoms with Gasteiger partial charge in [-0.3, -0.25) is 0 Å². The lowest BCUT2D eigenvalue weighted by Crippen LogP contribution is -1.90. The third kappa shape index (κ3) is 2.23. The van der Waals surface area contributed by atoms with Crippen LogP contribution < -0.4 is 0 Å². The normalized spacial score (nSPS) is 13.1. The number of aryl methyl sites for hydroxylation is 2. The molecule has 80 valence electrons. The van der Waals surface area contributed by atoms with E-state index in [4.69, 9.17) is 23.2 Å². The van der Waals surface area contributed by atoms with Gasteiger partial charge < -0.3 is 0 Å². The molecule has 0 aliphatic rings. The summed E-state index contributed by atoms with van der Waals surface area (Å²) in [5.41, 5.74) is 1.18. The molecule has 0 aromatic carbocycles. The zero-order valence-corrected chi connectivity index (χ0v) is 11.5. The molecule has 1 atom stereocenters. The van der Waals surface area contributed by atoms with Crippen LogP contribution >= 0.6 is 45.9 Å². The van der Waals surface area contributed by atoms with E-state index < -0.39 is 0 Å². The van der Waals surface area contributed by atoms with E-state index in [-0.39, 0.29) is 5.38 Å². The molecule has 2 aromatic heterocycles. The third-order valence-corrected chi connectivity index (χ3v) is 5.22. The minimum Gasteiger partial charge on any atom is -0.146 e. The monoisotopic (exact) mass is 276 g/mol. The maximum absolute atomic E-state index is 6.43. The maximum Gasteiger partial charge on any atom is 0.0953 e. The highest BCUT2D eigenvalue weighted by Gasteiger charge is 2.18. The minimum absolute atomic E-state index is 0.109. The summed E-state index contributed by atoms with van der Waals surface area (Å²) in [6.45, 7) is 4.20. The van der Waals surface area contributed by atoms with E-state index in [0.29, 0.717) is 0 Å². The van der Waals surface area contributed by atoms with E-state index in [2.05, 4.69) is 19.9 Å². The lowest BCUT2D eigenvalue weighted by molar-refractivity contribution is 1.17. The predicted molar refractivity (Wildman–Crippen MR) is 70.8 cm³/mol. The number of thiophene rings is 2. The van der Waals surface area contributed by atoms with Crippen molar-refractivity contribution in [2.24, 2.45) is 0 Å². The van der Waals surface area contributed by atoms with Gasteiger partial charge in [0, 0.05) is 14.6 Å². The molecule has 15 heavy (non-hydrogen) atoms. The van der Waals surface area contributed by atoms with Crippen molar-refractivity contribution in [1.29, 1.82) is 0 Å². The Bertz CT molecular complexity index is 471. The van der Waals surface area contributed by atoms with E-state index in [1.54, 1.807) is 22.7 Å². The number of alkyl halides is 1. The van der Waals surface area contributed by atoms with Gasteiger partial charge in [-0.1, -0.05) is 11.6 Å². The highest BCUT2D eigenvalue weighted by atomic mass is 35.5. The average Bonchev–Trinajstić information content (AvgIpc) is 2.71. The van der Waals surface area contributed by atoms with Crippen LogP contribution in [0.1, 0.15) is 25.6 Å². The van der Waals surface area contributed by atoms with E-state index in [1.165, 1.54) is 15.3 Å². The Labute approximate surface area is 107 Å². The SMILES string of the molecule is Cc1cc(C(Cl)c2sccc2Cl)c(C)s1. The van der Waals surface area contributed by atoms with E-state index >= 15 is 0 Å². The summed E-state index contributed by atoms with van der Waals surface area (Å²) in [5.74, 6) is 0. The fourth-order valence-corrected chi connectivity index (χ4v) is 4.27. The summed E-state index contributed by atoms with van der Waals surface area (Å²) in [7, 11) is 0. The first-order valence-corrected chi connectivity index (χ1v) is 7.04. The van der Waals surface area contributed by atoms with Crippen molar-refractivity contribution in [3.8, 4) is 0 Å². The Morgan fingerprint density at radius 1 is 1.33 bits per heavy atom. The van der Waals surface area contributed by atoms with Gasteiger partial charge in [-0.15, -0.1) is 34.3 Å². The van der Waals surface area contributed by atoms with E-state index in [0.717, 1.165) is 9.90 Å². The van der Waals surface area contributed by atoms with Crippen molar-refractivity contribution < 1.29 is 0 Å². The smallest absolute Gasteiger partial charge is 0.0953 e. The molecule has 0 bridgehead atoms. The fraction of sp³-hybridized carbons (Fsp3) is 0.273. The van der Waals surface area contributed by atoms with Gasteiger partial charge >= 0.3 is 0 Å². The zero-order valence-electron chi connectivity index (χ0n) is 8.38. The Morgan fingerprint density at radius 3 is 2.53 bits per heavy atom. The number of hydrogen-bond acceptors (Lipinski definition) is 2. The van der Waals surface area contributed by atoms with Gasteiger partial charge in [0.1, 0.15) is 0 Å². The van der Waals surface area contributed by atoms with Gasteiger partial charge in [-0.05, 0) is 36.9 Å². The van der Waals surface area contributed by atoms with Gasteiger partial charge in [-0.25, -0.2) is 0 Å². The minimum atomic E-state index is -0.109. The molecule has 0 saturated heterocycles. The molecule has 0 spiro atoms. The summed E-state index contributed by atoms with van der Waals surface area (Å²) >= 11 is 15.9. The number of hydrogen-bond donors (Lipinski definition) is 0. The largest absolute Gasteiger partial charge is 0.146 e. The van der Waals surface area contributed by atoms with Crippen LogP contribution in [0.2, 0.25) is 5.02 Å². The van der Waals surface area contributed by atoms with Crippen LogP contribution in [0.25, 0.3) is 0 Å². The second-order valence-electron chi connectivity index (χ2n) is 3.36. The summed E-state index contributed by atoms with van der Waals surface area (Å²) in [6.07, 6.45) is 0. The third-order valence-electron chi connectivity index (χ3n) is 2.23. The second kappa shape index (κ2) is 4.46. The highest BCUT2D eigenvalue weighted by Crippen LogP contribution is 2.40. The molecule has 2 aromatic rings. The molecule has 0 aliphatic carbocycles. The van der Waals surface area contributed by atoms with Gasteiger partial charge in [0.15, 0.2) is 0 Å². The van der Waals surface area contributed by atoms with Crippen LogP contribution in [0.15, 0.2) is 17.5 Å². The van der Waals surface area contributed by atoms with Gasteiger partial charge in [-0.2, -0.15) is 0 Å². The topological polar surface area (TPSA) is 0 Å². The van der Waals surface area contributed by atoms with Crippen LogP contribution in [0.5, 0.6) is 0 Å². The second-order valence-corrected chi connectivity index (χ2v) is 6.62. The predicted octanol–water partition coefficient (Wildman–Crippen LogP) is 5.41. The lowest BCUT2D eigenvalue weighted by atomic mass is 10.1. The Hall–Kier alpha value is -0.0200. The first kappa shape index (κ1) is 11.5. The first-order chi connectivity index (χ1) is 7.09. The van der Waals surface area contributed by atoms with Crippen LogP contribution in [0, 0.1) is 13.8 Å². The molecular weight excluding hydrogens is 267 g/mol. The highest BCUT2D eigenvalue weighted by molar-refractivity contribution is 7.12. The molecule has 0 saturated carbocycles. The average molecular weight is 277 g/mol. The Balaban J connectivity index is 2.40. The van der Waals surface area contributed by atoms with Crippen LogP contribution in [-0.4, -0.2) is 0 Å². The summed E-state index contributed by atoms with van der Waals surface area (Å²) in [5, 5.41) is 2.63. The molecule has 0 aliphatic heterocycles. The Morgan fingerprint density at radius 2 is 2.07 bits per heavy atom. The van der Waals surface area contributed by atoms with Crippen LogP contribution in [0.3, 0.4) is 0 Å². The molecule has 1 unspecified atom stereocenters. The van der Waals surface area contributed by atoms with E-state index in [9.17, 15) is 0 Å². The van der Waals surface area contributed by atoms with Crippen LogP contribution in [0.4, 0.5) is 0 Å². The molecule has 0 radical (unpaired) electrons. The molecule has 0 fully saturated rings. The van der Waals surface area contributed by atoms with Crippen LogP contribution in [-0.2, 0) is 0 Å². The maximum atomic E-state index is 6.43. The first-order valence-electron chi connectivity index (χ1n) is 4.53. The number of rotatable bonds is 2. The Kier molecular flexibility index (Phi) is 3.41. The molecule has 0 nitrogen and oxygen atoms in total. The molecule has 2 rings (SSSR count). The van der Waals surface area contributed by atoms with Crippen molar-refractivity contribution in [3.05, 3.63) is 42.7 Å². The summed E-state index contributed by atoms with van der Waals surface area (Å²) < 4.78 is 0. The van der Waals surface area contributed by atoms with Gasteiger partial charge in [0.05, 0.1) is 10.4 Å². The standard InChI is InChI=1S/C11H10Cl2S2/c1-6-5-8(7(2)15-6)10(13)11-9(12)3-4-14-11/h3-5,10H,1-2H3. The fourth-order valence-electron chi connectivity index (χ4n) is 1.53. The summed E-state index contributed by atoms with van der Waals surface area (Å²) in [6, 6.07) is 4.04. The van der Waals surface area contributed by atoms with E-state index in [1.807, 2.05) is 11.4 Å². The van der Waals surface area contributed by atoms with Crippen molar-refractivity contribution >= 4 is 45.9 Å². The summed E-state index contributed by atoms with van der Waals surface area (Å²) in [4.78, 5) is 3.61. The van der Waals surface area contributed by atoms with Crippen molar-refractivity contribution in [2.75, 3.05) is 0 Å². The quantitative estimate of drug-likeness (QED) is 0.644. The molecule has 4 heteroatoms. The van der Waals surface area contributed by atoms with Crippen molar-refractivity contribution in [2.45, 2.75) is 19.2 Å². The number of halogens is 2. The van der Waals surface area contributed by atoms with Crippen molar-refractivity contribution in [3.63, 3.8) is 0 Å². The molecule has 0 amide bonds. The van der Waals surface area contributed by atoms with Gasteiger partial charge in [0.25, 0.3) is 0 Å². The molecule has 0 N–H and O–H groups in total. The van der Waals surface area contributed by atoms with Gasteiger partial charge in [0.2, 0.25) is 0 Å². The molecular formula is C11H10Cl2S2. The molecule has 2 heterocycles. The zero-order chi connectivity index (χ0) is 11.0. The van der Waals surface area contributed by atoms with Crippen molar-refractivity contribution in [1.82, 2.24) is 0 Å². The lowest BCUT2D eigenvalue weighted by Gasteiger charge is -2.07.